The maximum atomic E-state index is 4.65. The van der Waals surface area contributed by atoms with Gasteiger partial charge in [0, 0.05) is 23.3 Å². The van der Waals surface area contributed by atoms with E-state index in [1.807, 2.05) is 18.5 Å². The van der Waals surface area contributed by atoms with Crippen molar-refractivity contribution < 1.29 is 0 Å². The van der Waals surface area contributed by atoms with Crippen LogP contribution in [0.25, 0.3) is 22.3 Å². The van der Waals surface area contributed by atoms with E-state index in [9.17, 15) is 0 Å². The van der Waals surface area contributed by atoms with Crippen molar-refractivity contribution >= 4 is 11.0 Å². The first kappa shape index (κ1) is 13.5. The number of aromatic amines is 1. The van der Waals surface area contributed by atoms with Gasteiger partial charge in [-0.05, 0) is 31.2 Å². The van der Waals surface area contributed by atoms with Gasteiger partial charge in [0.1, 0.15) is 12.0 Å². The summed E-state index contributed by atoms with van der Waals surface area (Å²) in [7, 11) is 0. The summed E-state index contributed by atoms with van der Waals surface area (Å²) in [6.45, 7) is 2.26. The number of rotatable bonds is 4. The monoisotopic (exact) mass is 295 g/mol. The van der Waals surface area contributed by atoms with Crippen molar-refractivity contribution in [1.29, 1.82) is 0 Å². The molecule has 1 aliphatic rings. The normalized spacial score (nSPS) is 17.3. The quantitative estimate of drug-likeness (QED) is 0.792. The molecule has 0 aliphatic heterocycles. The van der Waals surface area contributed by atoms with Crippen LogP contribution in [0.5, 0.6) is 0 Å². The Balaban J connectivity index is 1.70. The zero-order valence-electron chi connectivity index (χ0n) is 12.9. The SMILES string of the molecule is CCC(C1CCCC1)n1cc(-c2ncnc3[nH]ccc23)cn1. The lowest BCUT2D eigenvalue weighted by Gasteiger charge is -2.22. The molecule has 4 rings (SSSR count). The molecule has 3 aromatic heterocycles. The summed E-state index contributed by atoms with van der Waals surface area (Å²) in [5.74, 6) is 0.774. The Labute approximate surface area is 129 Å². The third kappa shape index (κ3) is 2.21. The van der Waals surface area contributed by atoms with E-state index in [0.29, 0.717) is 6.04 Å². The second-order valence-corrected chi connectivity index (χ2v) is 6.19. The summed E-state index contributed by atoms with van der Waals surface area (Å²) in [5.41, 5.74) is 2.91. The highest BCUT2D eigenvalue weighted by Crippen LogP contribution is 2.36. The van der Waals surface area contributed by atoms with Gasteiger partial charge in [0.25, 0.3) is 0 Å². The Bertz CT molecular complexity index is 766. The second kappa shape index (κ2) is 5.55. The molecule has 0 saturated heterocycles. The minimum Gasteiger partial charge on any atom is -0.346 e. The molecule has 0 bridgehead atoms. The van der Waals surface area contributed by atoms with Crippen molar-refractivity contribution in [3.05, 3.63) is 31.0 Å². The molecule has 1 saturated carbocycles. The van der Waals surface area contributed by atoms with Gasteiger partial charge in [0.15, 0.2) is 0 Å². The number of fused-ring (bicyclic) bond motifs is 1. The van der Waals surface area contributed by atoms with Crippen LogP contribution < -0.4 is 0 Å². The standard InChI is InChI=1S/C17H21N5/c1-2-15(12-5-3-4-6-12)22-10-13(9-21-22)16-14-7-8-18-17(14)20-11-19-16/h7-12,15H,2-6H2,1H3,(H,18,19,20). The van der Waals surface area contributed by atoms with Crippen LogP contribution >= 0.6 is 0 Å². The van der Waals surface area contributed by atoms with Gasteiger partial charge in [-0.3, -0.25) is 4.68 Å². The van der Waals surface area contributed by atoms with Crippen molar-refractivity contribution in [2.75, 3.05) is 0 Å². The number of nitrogens with zero attached hydrogens (tertiary/aromatic N) is 4. The summed E-state index contributed by atoms with van der Waals surface area (Å²) in [4.78, 5) is 11.9. The van der Waals surface area contributed by atoms with Gasteiger partial charge >= 0.3 is 0 Å². The van der Waals surface area contributed by atoms with Gasteiger partial charge in [-0.15, -0.1) is 0 Å². The van der Waals surface area contributed by atoms with E-state index in [2.05, 4.69) is 37.9 Å². The molecule has 1 aliphatic carbocycles. The lowest BCUT2D eigenvalue weighted by molar-refractivity contribution is 0.301. The molecule has 114 valence electrons. The number of H-pyrrole nitrogens is 1. The molecule has 1 fully saturated rings. The molecule has 5 nitrogen and oxygen atoms in total. The molecule has 0 radical (unpaired) electrons. The van der Waals surface area contributed by atoms with E-state index in [-0.39, 0.29) is 0 Å². The van der Waals surface area contributed by atoms with Crippen molar-refractivity contribution in [2.24, 2.45) is 5.92 Å². The van der Waals surface area contributed by atoms with Gasteiger partial charge in [-0.2, -0.15) is 5.10 Å². The molecular weight excluding hydrogens is 274 g/mol. The smallest absolute Gasteiger partial charge is 0.141 e. The minimum absolute atomic E-state index is 0.514. The molecule has 0 spiro atoms. The molecule has 22 heavy (non-hydrogen) atoms. The fourth-order valence-electron chi connectivity index (χ4n) is 3.82. The molecule has 5 heteroatoms. The predicted octanol–water partition coefficient (Wildman–Crippen LogP) is 3.96. The maximum Gasteiger partial charge on any atom is 0.141 e. The van der Waals surface area contributed by atoms with Crippen LogP contribution in [0.1, 0.15) is 45.1 Å². The van der Waals surface area contributed by atoms with Gasteiger partial charge in [-0.1, -0.05) is 19.8 Å². The third-order valence-corrected chi connectivity index (χ3v) is 4.93. The summed E-state index contributed by atoms with van der Waals surface area (Å²) >= 11 is 0. The highest BCUT2D eigenvalue weighted by atomic mass is 15.3. The van der Waals surface area contributed by atoms with E-state index in [4.69, 9.17) is 0 Å². The lowest BCUT2D eigenvalue weighted by Crippen LogP contribution is -2.17. The Morgan fingerprint density at radius 3 is 3.00 bits per heavy atom. The Morgan fingerprint density at radius 1 is 1.32 bits per heavy atom. The molecular formula is C17H21N5. The van der Waals surface area contributed by atoms with Crippen molar-refractivity contribution in [1.82, 2.24) is 24.7 Å². The van der Waals surface area contributed by atoms with Crippen molar-refractivity contribution in [3.63, 3.8) is 0 Å². The number of hydrogen-bond acceptors (Lipinski definition) is 3. The fourth-order valence-corrected chi connectivity index (χ4v) is 3.82. The number of hydrogen-bond donors (Lipinski definition) is 1. The van der Waals surface area contributed by atoms with E-state index in [0.717, 1.165) is 34.6 Å². The predicted molar refractivity (Wildman–Crippen MR) is 86.4 cm³/mol. The first-order chi connectivity index (χ1) is 10.9. The summed E-state index contributed by atoms with van der Waals surface area (Å²) in [5, 5.41) is 5.70. The van der Waals surface area contributed by atoms with Crippen LogP contribution in [0.4, 0.5) is 0 Å². The second-order valence-electron chi connectivity index (χ2n) is 6.19. The molecule has 3 aromatic rings. The molecule has 0 amide bonds. The highest BCUT2D eigenvalue weighted by Gasteiger charge is 2.25. The minimum atomic E-state index is 0.514. The fraction of sp³-hybridized carbons (Fsp3) is 0.471. The van der Waals surface area contributed by atoms with Crippen LogP contribution in [0.15, 0.2) is 31.0 Å². The van der Waals surface area contributed by atoms with Crippen molar-refractivity contribution in [2.45, 2.75) is 45.1 Å². The zero-order chi connectivity index (χ0) is 14.9. The topological polar surface area (TPSA) is 59.4 Å². The lowest BCUT2D eigenvalue weighted by atomic mass is 9.96. The third-order valence-electron chi connectivity index (χ3n) is 4.93. The van der Waals surface area contributed by atoms with Crippen LogP contribution in [-0.4, -0.2) is 24.7 Å². The summed E-state index contributed by atoms with van der Waals surface area (Å²) in [6, 6.07) is 2.54. The van der Waals surface area contributed by atoms with Crippen LogP contribution in [0.3, 0.4) is 0 Å². The molecule has 1 atom stereocenters. The Morgan fingerprint density at radius 2 is 2.18 bits per heavy atom. The molecule has 1 unspecified atom stereocenters. The Hall–Kier alpha value is -2.17. The highest BCUT2D eigenvalue weighted by molar-refractivity contribution is 5.89. The van der Waals surface area contributed by atoms with E-state index >= 15 is 0 Å². The van der Waals surface area contributed by atoms with Crippen LogP contribution in [-0.2, 0) is 0 Å². The maximum absolute atomic E-state index is 4.65. The van der Waals surface area contributed by atoms with Gasteiger partial charge in [0.2, 0.25) is 0 Å². The largest absolute Gasteiger partial charge is 0.346 e. The van der Waals surface area contributed by atoms with Gasteiger partial charge in [-0.25, -0.2) is 9.97 Å². The van der Waals surface area contributed by atoms with Crippen molar-refractivity contribution in [3.8, 4) is 11.3 Å². The van der Waals surface area contributed by atoms with E-state index in [1.165, 1.54) is 25.7 Å². The summed E-state index contributed by atoms with van der Waals surface area (Å²) in [6.07, 6.45) is 14.1. The van der Waals surface area contributed by atoms with Crippen LogP contribution in [0.2, 0.25) is 0 Å². The van der Waals surface area contributed by atoms with Crippen LogP contribution in [0, 0.1) is 5.92 Å². The van der Waals surface area contributed by atoms with E-state index in [1.54, 1.807) is 6.33 Å². The Kier molecular flexibility index (Phi) is 3.41. The average molecular weight is 295 g/mol. The average Bonchev–Trinajstić information content (AvgIpc) is 3.29. The zero-order valence-corrected chi connectivity index (χ0v) is 12.9. The number of aromatic nitrogens is 5. The molecule has 3 heterocycles. The molecule has 1 N–H and O–H groups in total. The first-order valence-corrected chi connectivity index (χ1v) is 8.19. The first-order valence-electron chi connectivity index (χ1n) is 8.19. The summed E-state index contributed by atoms with van der Waals surface area (Å²) < 4.78 is 2.16. The van der Waals surface area contributed by atoms with E-state index < -0.39 is 0 Å². The van der Waals surface area contributed by atoms with Gasteiger partial charge < -0.3 is 4.98 Å². The molecule has 0 aromatic carbocycles. The number of nitrogens with one attached hydrogen (secondary N) is 1. The van der Waals surface area contributed by atoms with Gasteiger partial charge in [0.05, 0.1) is 17.9 Å².